The van der Waals surface area contributed by atoms with Gasteiger partial charge in [0.1, 0.15) is 12.6 Å². The molecule has 7 nitrogen and oxygen atoms in total. The largest absolute Gasteiger partial charge is 0.480 e. The topological polar surface area (TPSA) is 90.0 Å². The third-order valence-electron chi connectivity index (χ3n) is 3.59. The second-order valence-electron chi connectivity index (χ2n) is 5.00. The van der Waals surface area contributed by atoms with Crippen molar-refractivity contribution in [1.29, 1.82) is 0 Å². The summed E-state index contributed by atoms with van der Waals surface area (Å²) in [6, 6.07) is -0.766. The zero-order valence-corrected chi connectivity index (χ0v) is 11.0. The van der Waals surface area contributed by atoms with Crippen molar-refractivity contribution in [3.8, 4) is 0 Å². The van der Waals surface area contributed by atoms with Gasteiger partial charge in [-0.3, -0.25) is 9.59 Å². The molecule has 19 heavy (non-hydrogen) atoms. The average Bonchev–Trinajstić information content (AvgIpc) is 3.10. The van der Waals surface area contributed by atoms with Crippen LogP contribution < -0.4 is 5.32 Å². The van der Waals surface area contributed by atoms with Crippen molar-refractivity contribution >= 4 is 17.9 Å². The van der Waals surface area contributed by atoms with Crippen molar-refractivity contribution in [3.05, 3.63) is 0 Å². The Bertz CT molecular complexity index is 394. The summed E-state index contributed by atoms with van der Waals surface area (Å²) in [5.74, 6) is -1.20. The van der Waals surface area contributed by atoms with Crippen LogP contribution in [0.15, 0.2) is 0 Å². The molecular formula is C12H19N3O4. The van der Waals surface area contributed by atoms with Gasteiger partial charge in [0.05, 0.1) is 0 Å². The molecule has 1 atom stereocenters. The fourth-order valence-corrected chi connectivity index (χ4v) is 2.48. The number of rotatable bonds is 4. The van der Waals surface area contributed by atoms with Gasteiger partial charge >= 0.3 is 12.0 Å². The van der Waals surface area contributed by atoms with Crippen molar-refractivity contribution in [3.63, 3.8) is 0 Å². The molecule has 1 aliphatic carbocycles. The van der Waals surface area contributed by atoms with Crippen LogP contribution >= 0.6 is 0 Å². The number of carboxylic acid groups (broad SMARTS) is 1. The first-order valence-corrected chi connectivity index (χ1v) is 6.55. The van der Waals surface area contributed by atoms with Gasteiger partial charge in [-0.15, -0.1) is 0 Å². The molecule has 0 radical (unpaired) electrons. The molecule has 1 saturated carbocycles. The summed E-state index contributed by atoms with van der Waals surface area (Å²) in [6.07, 6.45) is 3.10. The number of likely N-dealkylation sites (tertiary alicyclic amines) is 1. The standard InChI is InChI=1S/C12H19N3O4/c1-13-11(18)9-3-2-6-14(9)12(19)15(7-10(16)17)8-4-5-8/h8-9H,2-7H2,1H3,(H,13,18)(H,16,17). The number of amides is 3. The number of likely N-dealkylation sites (N-methyl/N-ethyl adjacent to an activating group) is 1. The number of nitrogens with one attached hydrogen (secondary N) is 1. The van der Waals surface area contributed by atoms with Gasteiger partial charge in [0.2, 0.25) is 5.91 Å². The van der Waals surface area contributed by atoms with E-state index in [0.717, 1.165) is 19.3 Å². The van der Waals surface area contributed by atoms with Crippen LogP contribution in [0.4, 0.5) is 4.79 Å². The minimum atomic E-state index is -1.02. The summed E-state index contributed by atoms with van der Waals surface area (Å²) in [5, 5.41) is 11.4. The van der Waals surface area contributed by atoms with E-state index in [2.05, 4.69) is 5.32 Å². The van der Waals surface area contributed by atoms with E-state index >= 15 is 0 Å². The highest BCUT2D eigenvalue weighted by molar-refractivity contribution is 5.88. The highest BCUT2D eigenvalue weighted by Gasteiger charge is 2.41. The molecule has 1 saturated heterocycles. The highest BCUT2D eigenvalue weighted by Crippen LogP contribution is 2.29. The lowest BCUT2D eigenvalue weighted by atomic mass is 10.2. The van der Waals surface area contributed by atoms with Crippen molar-refractivity contribution in [2.45, 2.75) is 37.8 Å². The molecule has 2 aliphatic rings. The highest BCUT2D eigenvalue weighted by atomic mass is 16.4. The Hall–Kier alpha value is -1.79. The van der Waals surface area contributed by atoms with Gasteiger partial charge in [-0.25, -0.2) is 4.79 Å². The molecule has 0 spiro atoms. The van der Waals surface area contributed by atoms with Crippen LogP contribution in [0.25, 0.3) is 0 Å². The minimum absolute atomic E-state index is 0.0227. The number of hydrogen-bond donors (Lipinski definition) is 2. The Morgan fingerprint density at radius 1 is 1.32 bits per heavy atom. The summed E-state index contributed by atoms with van der Waals surface area (Å²) >= 11 is 0. The molecule has 0 aromatic rings. The molecule has 2 fully saturated rings. The Labute approximate surface area is 111 Å². The maximum absolute atomic E-state index is 12.4. The summed E-state index contributed by atoms with van der Waals surface area (Å²) in [5.41, 5.74) is 0. The maximum Gasteiger partial charge on any atom is 0.323 e. The monoisotopic (exact) mass is 269 g/mol. The Balaban J connectivity index is 2.07. The number of hydrogen-bond acceptors (Lipinski definition) is 3. The predicted molar refractivity (Wildman–Crippen MR) is 66.6 cm³/mol. The summed E-state index contributed by atoms with van der Waals surface area (Å²) in [7, 11) is 1.54. The van der Waals surface area contributed by atoms with Crippen LogP contribution in [0.5, 0.6) is 0 Å². The molecule has 2 N–H and O–H groups in total. The third-order valence-corrected chi connectivity index (χ3v) is 3.59. The van der Waals surface area contributed by atoms with E-state index in [0.29, 0.717) is 13.0 Å². The molecule has 0 aromatic heterocycles. The van der Waals surface area contributed by atoms with E-state index in [9.17, 15) is 14.4 Å². The zero-order chi connectivity index (χ0) is 14.0. The zero-order valence-electron chi connectivity index (χ0n) is 11.0. The average molecular weight is 269 g/mol. The van der Waals surface area contributed by atoms with Gasteiger partial charge in [-0.1, -0.05) is 0 Å². The van der Waals surface area contributed by atoms with Gasteiger partial charge in [0, 0.05) is 19.6 Å². The maximum atomic E-state index is 12.4. The lowest BCUT2D eigenvalue weighted by molar-refractivity contribution is -0.137. The second-order valence-corrected chi connectivity index (χ2v) is 5.00. The van der Waals surface area contributed by atoms with E-state index in [4.69, 9.17) is 5.11 Å². The molecular weight excluding hydrogens is 250 g/mol. The fourth-order valence-electron chi connectivity index (χ4n) is 2.48. The predicted octanol–water partition coefficient (Wildman–Crippen LogP) is -0.134. The molecule has 3 amide bonds. The summed E-state index contributed by atoms with van der Waals surface area (Å²) < 4.78 is 0. The van der Waals surface area contributed by atoms with Crippen LogP contribution in [0, 0.1) is 0 Å². The van der Waals surface area contributed by atoms with Gasteiger partial charge in [0.15, 0.2) is 0 Å². The first kappa shape index (κ1) is 13.6. The number of aliphatic carboxylic acids is 1. The first-order chi connectivity index (χ1) is 9.04. The molecule has 1 unspecified atom stereocenters. The number of carboxylic acids is 1. The smallest absolute Gasteiger partial charge is 0.323 e. The van der Waals surface area contributed by atoms with Crippen LogP contribution in [-0.4, -0.2) is 65.0 Å². The molecule has 106 valence electrons. The van der Waals surface area contributed by atoms with E-state index in [1.54, 1.807) is 7.05 Å². The number of carbonyl (C=O) groups excluding carboxylic acids is 2. The van der Waals surface area contributed by atoms with Crippen LogP contribution in [0.1, 0.15) is 25.7 Å². The molecule has 7 heteroatoms. The lowest BCUT2D eigenvalue weighted by Gasteiger charge is -2.30. The number of carbonyl (C=O) groups is 3. The van der Waals surface area contributed by atoms with Crippen molar-refractivity contribution in [2.24, 2.45) is 0 Å². The lowest BCUT2D eigenvalue weighted by Crippen LogP contribution is -2.52. The van der Waals surface area contributed by atoms with Gasteiger partial charge < -0.3 is 20.2 Å². The van der Waals surface area contributed by atoms with E-state index in [1.165, 1.54) is 9.80 Å². The SMILES string of the molecule is CNC(=O)C1CCCN1C(=O)N(CC(=O)O)C1CC1. The second kappa shape index (κ2) is 5.46. The number of urea groups is 1. The van der Waals surface area contributed by atoms with Gasteiger partial charge in [0.25, 0.3) is 0 Å². The molecule has 2 rings (SSSR count). The summed E-state index contributed by atoms with van der Waals surface area (Å²) in [4.78, 5) is 37.8. The molecule has 1 heterocycles. The fraction of sp³-hybridized carbons (Fsp3) is 0.750. The van der Waals surface area contributed by atoms with Gasteiger partial charge in [-0.05, 0) is 25.7 Å². The van der Waals surface area contributed by atoms with Crippen LogP contribution in [0.3, 0.4) is 0 Å². The molecule has 0 aromatic carbocycles. The Morgan fingerprint density at radius 2 is 2.00 bits per heavy atom. The van der Waals surface area contributed by atoms with Crippen LogP contribution in [0.2, 0.25) is 0 Å². The Morgan fingerprint density at radius 3 is 2.53 bits per heavy atom. The van der Waals surface area contributed by atoms with E-state index in [1.807, 2.05) is 0 Å². The van der Waals surface area contributed by atoms with Gasteiger partial charge in [-0.2, -0.15) is 0 Å². The first-order valence-electron chi connectivity index (χ1n) is 6.55. The minimum Gasteiger partial charge on any atom is -0.480 e. The number of nitrogens with zero attached hydrogens (tertiary/aromatic N) is 2. The summed E-state index contributed by atoms with van der Waals surface area (Å²) in [6.45, 7) is 0.222. The van der Waals surface area contributed by atoms with E-state index < -0.39 is 12.0 Å². The van der Waals surface area contributed by atoms with Crippen LogP contribution in [-0.2, 0) is 9.59 Å². The molecule has 1 aliphatic heterocycles. The van der Waals surface area contributed by atoms with Crippen molar-refractivity contribution < 1.29 is 19.5 Å². The Kier molecular flexibility index (Phi) is 3.92. The van der Waals surface area contributed by atoms with E-state index in [-0.39, 0.29) is 24.5 Å². The normalized spacial score (nSPS) is 22.2. The third kappa shape index (κ3) is 2.97. The molecule has 0 bridgehead atoms. The van der Waals surface area contributed by atoms with Crippen molar-refractivity contribution in [2.75, 3.05) is 20.1 Å². The quantitative estimate of drug-likeness (QED) is 0.743. The van der Waals surface area contributed by atoms with Crippen molar-refractivity contribution in [1.82, 2.24) is 15.1 Å².